The van der Waals surface area contributed by atoms with Crippen molar-refractivity contribution >= 4 is 5.97 Å². The van der Waals surface area contributed by atoms with Crippen molar-refractivity contribution in [2.75, 3.05) is 13.7 Å². The van der Waals surface area contributed by atoms with Gasteiger partial charge in [-0.15, -0.1) is 0 Å². The van der Waals surface area contributed by atoms with Gasteiger partial charge < -0.3 is 9.47 Å². The van der Waals surface area contributed by atoms with Crippen LogP contribution in [0.2, 0.25) is 0 Å². The highest BCUT2D eigenvalue weighted by Crippen LogP contribution is 2.30. The van der Waals surface area contributed by atoms with E-state index in [0.717, 1.165) is 37.0 Å². The van der Waals surface area contributed by atoms with Crippen LogP contribution in [-0.4, -0.2) is 25.7 Å². The number of ether oxygens (including phenoxy) is 2. The molecule has 26 heavy (non-hydrogen) atoms. The Morgan fingerprint density at radius 1 is 1.19 bits per heavy atom. The summed E-state index contributed by atoms with van der Waals surface area (Å²) in [5.74, 6) is 0.761. The Labute approximate surface area is 155 Å². The third-order valence-corrected chi connectivity index (χ3v) is 4.88. The zero-order valence-corrected chi connectivity index (χ0v) is 15.5. The van der Waals surface area contributed by atoms with Crippen molar-refractivity contribution in [2.24, 2.45) is 0 Å². The zero-order valence-electron chi connectivity index (χ0n) is 15.5. The molecule has 0 fully saturated rings. The molecule has 1 aliphatic rings. The van der Waals surface area contributed by atoms with Gasteiger partial charge in [0.15, 0.2) is 0 Å². The second kappa shape index (κ2) is 8.86. The molecule has 1 unspecified atom stereocenters. The number of benzene rings is 2. The topological polar surface area (TPSA) is 47.6 Å². The first-order chi connectivity index (χ1) is 12.7. The summed E-state index contributed by atoms with van der Waals surface area (Å²) in [5.41, 5.74) is 3.53. The lowest BCUT2D eigenvalue weighted by atomic mass is 9.87. The Morgan fingerprint density at radius 2 is 2.00 bits per heavy atom. The summed E-state index contributed by atoms with van der Waals surface area (Å²) in [6.07, 6.45) is 3.63. The van der Waals surface area contributed by atoms with Gasteiger partial charge >= 0.3 is 5.97 Å². The fourth-order valence-corrected chi connectivity index (χ4v) is 3.57. The van der Waals surface area contributed by atoms with Gasteiger partial charge in [-0.2, -0.15) is 0 Å². The summed E-state index contributed by atoms with van der Waals surface area (Å²) in [6, 6.07) is 15.8. The van der Waals surface area contributed by atoms with Crippen LogP contribution >= 0.6 is 0 Å². The molecule has 0 spiro atoms. The van der Waals surface area contributed by atoms with Crippen LogP contribution in [0, 0.1) is 0 Å². The van der Waals surface area contributed by atoms with Gasteiger partial charge in [0.1, 0.15) is 11.8 Å². The molecule has 1 N–H and O–H groups in total. The molecule has 0 bridgehead atoms. The predicted molar refractivity (Wildman–Crippen MR) is 102 cm³/mol. The standard InChI is InChI=1S/C22H27NO3/c1-3-14-26-22(24)21(16-8-5-4-6-9-16)23-18-12-13-19-17(15-18)10-7-11-20(19)25-2/h4-11,18,21,23H,3,12-15H2,1-2H3/t18-,21?/m0/s1. The molecular weight excluding hydrogens is 326 g/mol. The lowest BCUT2D eigenvalue weighted by molar-refractivity contribution is -0.146. The number of fused-ring (bicyclic) bond motifs is 1. The maximum Gasteiger partial charge on any atom is 0.327 e. The van der Waals surface area contributed by atoms with Crippen LogP contribution in [0.15, 0.2) is 48.5 Å². The molecule has 2 aromatic rings. The summed E-state index contributed by atoms with van der Waals surface area (Å²) in [5, 5.41) is 3.54. The number of carbonyl (C=O) groups excluding carboxylic acids is 1. The molecule has 0 heterocycles. The fraction of sp³-hybridized carbons (Fsp3) is 0.409. The Morgan fingerprint density at radius 3 is 2.73 bits per heavy atom. The minimum atomic E-state index is -0.431. The molecule has 1 aliphatic carbocycles. The predicted octanol–water partition coefficient (Wildman–Crippen LogP) is 3.84. The number of carbonyl (C=O) groups is 1. The van der Waals surface area contributed by atoms with E-state index in [9.17, 15) is 4.79 Å². The Balaban J connectivity index is 1.76. The highest BCUT2D eigenvalue weighted by molar-refractivity contribution is 5.77. The first-order valence-corrected chi connectivity index (χ1v) is 9.35. The highest BCUT2D eigenvalue weighted by atomic mass is 16.5. The summed E-state index contributed by atoms with van der Waals surface area (Å²) < 4.78 is 10.9. The number of hydrogen-bond donors (Lipinski definition) is 1. The average Bonchev–Trinajstić information content (AvgIpc) is 2.70. The summed E-state index contributed by atoms with van der Waals surface area (Å²) >= 11 is 0. The van der Waals surface area contributed by atoms with E-state index >= 15 is 0 Å². The van der Waals surface area contributed by atoms with Gasteiger partial charge in [-0.3, -0.25) is 5.32 Å². The molecule has 0 saturated heterocycles. The molecule has 2 aromatic carbocycles. The van der Waals surface area contributed by atoms with E-state index in [1.54, 1.807) is 7.11 Å². The average molecular weight is 353 g/mol. The second-order valence-corrected chi connectivity index (χ2v) is 6.72. The van der Waals surface area contributed by atoms with E-state index in [4.69, 9.17) is 9.47 Å². The van der Waals surface area contributed by atoms with Crippen LogP contribution in [0.4, 0.5) is 0 Å². The van der Waals surface area contributed by atoms with Crippen molar-refractivity contribution in [3.05, 3.63) is 65.2 Å². The van der Waals surface area contributed by atoms with Crippen LogP contribution in [-0.2, 0) is 22.4 Å². The van der Waals surface area contributed by atoms with Gasteiger partial charge in [-0.05, 0) is 48.4 Å². The number of methoxy groups -OCH3 is 1. The molecule has 2 atom stereocenters. The first kappa shape index (κ1) is 18.5. The fourth-order valence-electron chi connectivity index (χ4n) is 3.57. The molecule has 138 valence electrons. The maximum absolute atomic E-state index is 12.6. The van der Waals surface area contributed by atoms with Crippen LogP contribution in [0.25, 0.3) is 0 Å². The molecule has 4 nitrogen and oxygen atoms in total. The molecule has 0 radical (unpaired) electrons. The zero-order chi connectivity index (χ0) is 18.4. The number of nitrogens with one attached hydrogen (secondary N) is 1. The van der Waals surface area contributed by atoms with E-state index in [1.807, 2.05) is 49.4 Å². The molecular formula is C22H27NO3. The van der Waals surface area contributed by atoms with Crippen molar-refractivity contribution in [2.45, 2.75) is 44.7 Å². The van der Waals surface area contributed by atoms with E-state index in [-0.39, 0.29) is 12.0 Å². The van der Waals surface area contributed by atoms with Crippen molar-refractivity contribution in [1.29, 1.82) is 0 Å². The minimum Gasteiger partial charge on any atom is -0.496 e. The number of esters is 1. The number of rotatable bonds is 7. The van der Waals surface area contributed by atoms with Crippen molar-refractivity contribution in [3.8, 4) is 5.75 Å². The largest absolute Gasteiger partial charge is 0.496 e. The highest BCUT2D eigenvalue weighted by Gasteiger charge is 2.28. The minimum absolute atomic E-state index is 0.200. The molecule has 0 amide bonds. The second-order valence-electron chi connectivity index (χ2n) is 6.72. The van der Waals surface area contributed by atoms with Crippen molar-refractivity contribution < 1.29 is 14.3 Å². The third kappa shape index (κ3) is 4.25. The van der Waals surface area contributed by atoms with Crippen molar-refractivity contribution in [3.63, 3.8) is 0 Å². The number of hydrogen-bond acceptors (Lipinski definition) is 4. The molecule has 3 rings (SSSR count). The van der Waals surface area contributed by atoms with E-state index in [0.29, 0.717) is 6.61 Å². The Hall–Kier alpha value is -2.33. The molecule has 0 aromatic heterocycles. The summed E-state index contributed by atoms with van der Waals surface area (Å²) in [4.78, 5) is 12.6. The lowest BCUT2D eigenvalue weighted by Gasteiger charge is -2.30. The first-order valence-electron chi connectivity index (χ1n) is 9.35. The summed E-state index contributed by atoms with van der Waals surface area (Å²) in [6.45, 7) is 2.46. The van der Waals surface area contributed by atoms with E-state index < -0.39 is 6.04 Å². The third-order valence-electron chi connectivity index (χ3n) is 4.88. The van der Waals surface area contributed by atoms with E-state index in [1.165, 1.54) is 11.1 Å². The van der Waals surface area contributed by atoms with E-state index in [2.05, 4.69) is 11.4 Å². The smallest absolute Gasteiger partial charge is 0.327 e. The Bertz CT molecular complexity index is 729. The van der Waals surface area contributed by atoms with Gasteiger partial charge in [0.25, 0.3) is 0 Å². The Kier molecular flexibility index (Phi) is 6.29. The van der Waals surface area contributed by atoms with Gasteiger partial charge in [-0.1, -0.05) is 49.4 Å². The van der Waals surface area contributed by atoms with Crippen LogP contribution in [0.1, 0.15) is 42.5 Å². The lowest BCUT2D eigenvalue weighted by Crippen LogP contribution is -2.41. The molecule has 4 heteroatoms. The van der Waals surface area contributed by atoms with Crippen LogP contribution in [0.3, 0.4) is 0 Å². The normalized spacial score (nSPS) is 17.2. The van der Waals surface area contributed by atoms with Gasteiger partial charge in [0.05, 0.1) is 13.7 Å². The van der Waals surface area contributed by atoms with Crippen LogP contribution in [0.5, 0.6) is 5.75 Å². The van der Waals surface area contributed by atoms with Crippen LogP contribution < -0.4 is 10.1 Å². The SMILES string of the molecule is CCCOC(=O)C(N[C@H]1CCc2c(cccc2OC)C1)c1ccccc1. The summed E-state index contributed by atoms with van der Waals surface area (Å²) in [7, 11) is 1.72. The molecule has 0 aliphatic heterocycles. The van der Waals surface area contributed by atoms with Gasteiger partial charge in [0.2, 0.25) is 0 Å². The molecule has 0 saturated carbocycles. The quantitative estimate of drug-likeness (QED) is 0.769. The van der Waals surface area contributed by atoms with Gasteiger partial charge in [-0.25, -0.2) is 4.79 Å². The van der Waals surface area contributed by atoms with Crippen molar-refractivity contribution in [1.82, 2.24) is 5.32 Å². The monoisotopic (exact) mass is 353 g/mol. The van der Waals surface area contributed by atoms with Gasteiger partial charge in [0, 0.05) is 6.04 Å². The maximum atomic E-state index is 12.6.